The number of nitrogens with zero attached hydrogens (tertiary/aromatic N) is 3. The smallest absolute Gasteiger partial charge is 0.135 e. The van der Waals surface area contributed by atoms with Crippen LogP contribution in [0.2, 0.25) is 5.02 Å². The van der Waals surface area contributed by atoms with Crippen LogP contribution in [0.15, 0.2) is 61.2 Å². The standard InChI is InChI=1S/C16H14ClN5/c17-13-5-1-2-6-14(13)22-16-8-15(20-11-21-16)19-10-12-4-3-7-18-9-12/h1-9,11H,10H2,(H2,19,20,21,22). The van der Waals surface area contributed by atoms with E-state index in [1.54, 1.807) is 6.20 Å². The molecule has 22 heavy (non-hydrogen) atoms. The molecule has 0 amide bonds. The van der Waals surface area contributed by atoms with Gasteiger partial charge in [-0.25, -0.2) is 9.97 Å². The van der Waals surface area contributed by atoms with E-state index in [2.05, 4.69) is 25.6 Å². The molecule has 3 aromatic rings. The van der Waals surface area contributed by atoms with E-state index in [1.165, 1.54) is 6.33 Å². The van der Waals surface area contributed by atoms with Crippen molar-refractivity contribution in [3.8, 4) is 0 Å². The largest absolute Gasteiger partial charge is 0.366 e. The quantitative estimate of drug-likeness (QED) is 0.748. The van der Waals surface area contributed by atoms with Crippen LogP contribution in [0.3, 0.4) is 0 Å². The number of hydrogen-bond donors (Lipinski definition) is 2. The summed E-state index contributed by atoms with van der Waals surface area (Å²) in [5.74, 6) is 1.41. The summed E-state index contributed by atoms with van der Waals surface area (Å²) in [5, 5.41) is 7.06. The van der Waals surface area contributed by atoms with E-state index >= 15 is 0 Å². The number of para-hydroxylation sites is 1. The molecule has 6 heteroatoms. The Morgan fingerprint density at radius 3 is 2.68 bits per heavy atom. The van der Waals surface area contributed by atoms with E-state index in [9.17, 15) is 0 Å². The van der Waals surface area contributed by atoms with Crippen molar-refractivity contribution < 1.29 is 0 Å². The van der Waals surface area contributed by atoms with Crippen molar-refractivity contribution in [3.05, 3.63) is 71.8 Å². The van der Waals surface area contributed by atoms with Gasteiger partial charge in [0.15, 0.2) is 0 Å². The number of benzene rings is 1. The van der Waals surface area contributed by atoms with Crippen LogP contribution >= 0.6 is 11.6 Å². The van der Waals surface area contributed by atoms with E-state index in [1.807, 2.05) is 48.7 Å². The first-order valence-electron chi connectivity index (χ1n) is 6.77. The van der Waals surface area contributed by atoms with Gasteiger partial charge >= 0.3 is 0 Å². The van der Waals surface area contributed by atoms with Gasteiger partial charge in [0.05, 0.1) is 10.7 Å². The summed E-state index contributed by atoms with van der Waals surface area (Å²) < 4.78 is 0. The number of anilines is 3. The second kappa shape index (κ2) is 6.87. The van der Waals surface area contributed by atoms with E-state index in [-0.39, 0.29) is 0 Å². The van der Waals surface area contributed by atoms with Crippen LogP contribution in [0.1, 0.15) is 5.56 Å². The highest BCUT2D eigenvalue weighted by atomic mass is 35.5. The van der Waals surface area contributed by atoms with Crippen LogP contribution < -0.4 is 10.6 Å². The van der Waals surface area contributed by atoms with Gasteiger partial charge in [0.1, 0.15) is 18.0 Å². The Balaban J connectivity index is 1.69. The van der Waals surface area contributed by atoms with Crippen molar-refractivity contribution in [1.82, 2.24) is 15.0 Å². The Labute approximate surface area is 133 Å². The van der Waals surface area contributed by atoms with Crippen LogP contribution in [0.5, 0.6) is 0 Å². The minimum Gasteiger partial charge on any atom is -0.366 e. The molecule has 0 radical (unpaired) electrons. The van der Waals surface area contributed by atoms with Gasteiger partial charge < -0.3 is 10.6 Å². The van der Waals surface area contributed by atoms with Crippen molar-refractivity contribution in [2.24, 2.45) is 0 Å². The molecule has 0 aliphatic rings. The van der Waals surface area contributed by atoms with Gasteiger partial charge in [-0.3, -0.25) is 4.98 Å². The van der Waals surface area contributed by atoms with Crippen LogP contribution in [0.4, 0.5) is 17.3 Å². The summed E-state index contributed by atoms with van der Waals surface area (Å²) >= 11 is 6.13. The molecule has 2 N–H and O–H groups in total. The molecule has 5 nitrogen and oxygen atoms in total. The lowest BCUT2D eigenvalue weighted by Gasteiger charge is -2.09. The third-order valence-electron chi connectivity index (χ3n) is 3.00. The predicted molar refractivity (Wildman–Crippen MR) is 88.3 cm³/mol. The molecule has 2 heterocycles. The van der Waals surface area contributed by atoms with E-state index in [4.69, 9.17) is 11.6 Å². The Hall–Kier alpha value is -2.66. The molecule has 3 rings (SSSR count). The molecule has 0 saturated heterocycles. The summed E-state index contributed by atoms with van der Waals surface area (Å²) in [4.78, 5) is 12.5. The Morgan fingerprint density at radius 1 is 1.00 bits per heavy atom. The Morgan fingerprint density at radius 2 is 1.86 bits per heavy atom. The molecule has 110 valence electrons. The maximum Gasteiger partial charge on any atom is 0.135 e. The molecule has 0 saturated carbocycles. The predicted octanol–water partition coefficient (Wildman–Crippen LogP) is 3.88. The zero-order chi connectivity index (χ0) is 15.2. The summed E-state index contributed by atoms with van der Waals surface area (Å²) in [5.41, 5.74) is 1.89. The van der Waals surface area contributed by atoms with Gasteiger partial charge in [-0.15, -0.1) is 0 Å². The van der Waals surface area contributed by atoms with E-state index in [0.717, 1.165) is 17.1 Å². The number of aromatic nitrogens is 3. The molecule has 1 aromatic carbocycles. The highest BCUT2D eigenvalue weighted by Crippen LogP contribution is 2.24. The number of rotatable bonds is 5. The number of hydrogen-bond acceptors (Lipinski definition) is 5. The van der Waals surface area contributed by atoms with Gasteiger partial charge in [-0.05, 0) is 23.8 Å². The van der Waals surface area contributed by atoms with Crippen LogP contribution in [0, 0.1) is 0 Å². The maximum atomic E-state index is 6.13. The molecule has 0 fully saturated rings. The summed E-state index contributed by atoms with van der Waals surface area (Å²) in [6.07, 6.45) is 5.07. The Kier molecular flexibility index (Phi) is 4.46. The fourth-order valence-electron chi connectivity index (χ4n) is 1.92. The average molecular weight is 312 g/mol. The fraction of sp³-hybridized carbons (Fsp3) is 0.0625. The fourth-order valence-corrected chi connectivity index (χ4v) is 2.10. The minimum atomic E-state index is 0.644. The van der Waals surface area contributed by atoms with E-state index in [0.29, 0.717) is 17.4 Å². The van der Waals surface area contributed by atoms with Crippen molar-refractivity contribution in [1.29, 1.82) is 0 Å². The van der Waals surface area contributed by atoms with Gasteiger partial charge in [0, 0.05) is 25.0 Å². The Bertz CT molecular complexity index is 748. The minimum absolute atomic E-state index is 0.644. The van der Waals surface area contributed by atoms with Crippen molar-refractivity contribution in [2.45, 2.75) is 6.54 Å². The summed E-state index contributed by atoms with van der Waals surface area (Å²) in [6.45, 7) is 0.649. The molecule has 0 spiro atoms. The molecule has 0 aliphatic carbocycles. The zero-order valence-corrected chi connectivity index (χ0v) is 12.5. The molecular formula is C16H14ClN5. The normalized spacial score (nSPS) is 10.2. The first kappa shape index (κ1) is 14.3. The van der Waals surface area contributed by atoms with Gasteiger partial charge in [0.25, 0.3) is 0 Å². The first-order chi connectivity index (χ1) is 10.8. The highest BCUT2D eigenvalue weighted by Gasteiger charge is 2.02. The molecule has 0 atom stereocenters. The SMILES string of the molecule is Clc1ccccc1Nc1cc(NCc2cccnc2)ncn1. The van der Waals surface area contributed by atoms with Crippen LogP contribution in [-0.2, 0) is 6.54 Å². The number of pyridine rings is 1. The molecule has 0 aliphatic heterocycles. The number of nitrogens with one attached hydrogen (secondary N) is 2. The highest BCUT2D eigenvalue weighted by molar-refractivity contribution is 6.33. The second-order valence-electron chi connectivity index (χ2n) is 4.61. The monoisotopic (exact) mass is 311 g/mol. The van der Waals surface area contributed by atoms with Crippen molar-refractivity contribution in [2.75, 3.05) is 10.6 Å². The first-order valence-corrected chi connectivity index (χ1v) is 7.15. The third kappa shape index (κ3) is 3.71. The molecule has 2 aromatic heterocycles. The van der Waals surface area contributed by atoms with Gasteiger partial charge in [0.2, 0.25) is 0 Å². The van der Waals surface area contributed by atoms with Crippen molar-refractivity contribution >= 4 is 28.9 Å². The zero-order valence-electron chi connectivity index (χ0n) is 11.7. The molecule has 0 bridgehead atoms. The van der Waals surface area contributed by atoms with Gasteiger partial charge in [-0.1, -0.05) is 29.8 Å². The van der Waals surface area contributed by atoms with E-state index < -0.39 is 0 Å². The average Bonchev–Trinajstić information content (AvgIpc) is 2.57. The van der Waals surface area contributed by atoms with Crippen molar-refractivity contribution in [3.63, 3.8) is 0 Å². The summed E-state index contributed by atoms with van der Waals surface area (Å²) in [7, 11) is 0. The lowest BCUT2D eigenvalue weighted by molar-refractivity contribution is 1.07. The molecule has 0 unspecified atom stereocenters. The lowest BCUT2D eigenvalue weighted by atomic mass is 10.3. The van der Waals surface area contributed by atoms with Crippen LogP contribution in [0.25, 0.3) is 0 Å². The van der Waals surface area contributed by atoms with Crippen LogP contribution in [-0.4, -0.2) is 15.0 Å². The number of halogens is 1. The maximum absolute atomic E-state index is 6.13. The molecular weight excluding hydrogens is 298 g/mol. The third-order valence-corrected chi connectivity index (χ3v) is 3.33. The lowest BCUT2D eigenvalue weighted by Crippen LogP contribution is -2.03. The van der Waals surface area contributed by atoms with Gasteiger partial charge in [-0.2, -0.15) is 0 Å². The topological polar surface area (TPSA) is 62.7 Å². The second-order valence-corrected chi connectivity index (χ2v) is 5.02. The summed E-state index contributed by atoms with van der Waals surface area (Å²) in [6, 6.07) is 13.3.